The molecule has 1 unspecified atom stereocenters. The molecular formula is C18H19N3O6. The van der Waals surface area contributed by atoms with Crippen molar-refractivity contribution in [1.82, 2.24) is 5.32 Å². The van der Waals surface area contributed by atoms with Gasteiger partial charge < -0.3 is 20.1 Å². The van der Waals surface area contributed by atoms with E-state index >= 15 is 0 Å². The van der Waals surface area contributed by atoms with Crippen LogP contribution in [-0.4, -0.2) is 37.5 Å². The number of carbonyl (C=O) groups is 2. The van der Waals surface area contributed by atoms with Crippen LogP contribution in [0, 0.1) is 10.1 Å². The van der Waals surface area contributed by atoms with Crippen LogP contribution in [0.2, 0.25) is 0 Å². The van der Waals surface area contributed by atoms with Crippen molar-refractivity contribution in [3.8, 4) is 5.75 Å². The lowest BCUT2D eigenvalue weighted by Gasteiger charge is -2.18. The summed E-state index contributed by atoms with van der Waals surface area (Å²) in [4.78, 5) is 34.4. The molecule has 1 atom stereocenters. The zero-order valence-electron chi connectivity index (χ0n) is 14.8. The zero-order chi connectivity index (χ0) is 19.8. The minimum absolute atomic E-state index is 0.0139. The van der Waals surface area contributed by atoms with Gasteiger partial charge in [-0.2, -0.15) is 0 Å². The molecule has 2 amide bonds. The fraction of sp³-hybridized carbons (Fsp3) is 0.222. The van der Waals surface area contributed by atoms with Crippen molar-refractivity contribution in [2.45, 2.75) is 6.10 Å². The van der Waals surface area contributed by atoms with E-state index in [0.29, 0.717) is 11.3 Å². The number of benzene rings is 2. The number of nitro benzene ring substituents is 1. The number of nitro groups is 1. The largest absolute Gasteiger partial charge is 0.496 e. The lowest BCUT2D eigenvalue weighted by molar-refractivity contribution is -0.383. The maximum atomic E-state index is 12.1. The van der Waals surface area contributed by atoms with Gasteiger partial charge in [0.1, 0.15) is 17.5 Å². The summed E-state index contributed by atoms with van der Waals surface area (Å²) in [7, 11) is 2.99. The summed E-state index contributed by atoms with van der Waals surface area (Å²) >= 11 is 0. The summed E-state index contributed by atoms with van der Waals surface area (Å²) in [5, 5.41) is 15.7. The van der Waals surface area contributed by atoms with Crippen LogP contribution in [0.15, 0.2) is 48.5 Å². The van der Waals surface area contributed by atoms with E-state index in [4.69, 9.17) is 9.47 Å². The second-order valence-electron chi connectivity index (χ2n) is 5.40. The van der Waals surface area contributed by atoms with E-state index in [0.717, 1.165) is 0 Å². The maximum absolute atomic E-state index is 12.1. The molecule has 2 N–H and O–H groups in total. The molecule has 0 saturated heterocycles. The van der Waals surface area contributed by atoms with Crippen molar-refractivity contribution < 1.29 is 24.0 Å². The number of amides is 2. The summed E-state index contributed by atoms with van der Waals surface area (Å²) in [6, 6.07) is 12.7. The molecule has 9 nitrogen and oxygen atoms in total. The normalized spacial score (nSPS) is 11.3. The highest BCUT2D eigenvalue weighted by molar-refractivity contribution is 6.39. The Morgan fingerprint density at radius 3 is 2.41 bits per heavy atom. The number of ether oxygens (including phenoxy) is 2. The minimum atomic E-state index is -1.01. The third kappa shape index (κ3) is 5.02. The average Bonchev–Trinajstić information content (AvgIpc) is 2.68. The van der Waals surface area contributed by atoms with Crippen LogP contribution in [-0.2, 0) is 14.3 Å². The van der Waals surface area contributed by atoms with Gasteiger partial charge in [-0.3, -0.25) is 19.7 Å². The molecule has 0 aliphatic carbocycles. The van der Waals surface area contributed by atoms with Gasteiger partial charge in [-0.25, -0.2) is 0 Å². The number of nitrogens with zero attached hydrogens (tertiary/aromatic N) is 1. The van der Waals surface area contributed by atoms with Gasteiger partial charge in [0, 0.05) is 25.3 Å². The lowest BCUT2D eigenvalue weighted by Crippen LogP contribution is -2.38. The van der Waals surface area contributed by atoms with Crippen molar-refractivity contribution in [3.63, 3.8) is 0 Å². The molecule has 2 aromatic rings. The zero-order valence-corrected chi connectivity index (χ0v) is 14.8. The third-order valence-electron chi connectivity index (χ3n) is 3.77. The number of rotatable bonds is 7. The van der Waals surface area contributed by atoms with E-state index in [-0.39, 0.29) is 17.9 Å². The van der Waals surface area contributed by atoms with Gasteiger partial charge in [0.15, 0.2) is 0 Å². The Morgan fingerprint density at radius 2 is 1.74 bits per heavy atom. The SMILES string of the molecule is COc1ccccc1C(CNC(=O)C(=O)Nc1ccccc1[N+](=O)[O-])OC. The highest BCUT2D eigenvalue weighted by Gasteiger charge is 2.21. The van der Waals surface area contributed by atoms with Crippen LogP contribution in [0.4, 0.5) is 11.4 Å². The number of nitrogens with one attached hydrogen (secondary N) is 2. The first-order chi connectivity index (χ1) is 13.0. The van der Waals surface area contributed by atoms with Crippen LogP contribution in [0.5, 0.6) is 5.75 Å². The van der Waals surface area contributed by atoms with E-state index < -0.39 is 22.8 Å². The standard InChI is InChI=1S/C18H19N3O6/c1-26-15-10-6-3-7-12(15)16(27-2)11-19-17(22)18(23)20-13-8-4-5-9-14(13)21(24)25/h3-10,16H,11H2,1-2H3,(H,19,22)(H,20,23). The van der Waals surface area contributed by atoms with Gasteiger partial charge >= 0.3 is 11.8 Å². The number of carbonyl (C=O) groups excluding carboxylic acids is 2. The summed E-state index contributed by atoms with van der Waals surface area (Å²) in [5.41, 5.74) is 0.347. The van der Waals surface area contributed by atoms with Crippen molar-refractivity contribution in [2.24, 2.45) is 0 Å². The predicted octanol–water partition coefficient (Wildman–Crippen LogP) is 2.05. The molecule has 0 bridgehead atoms. The molecule has 9 heteroatoms. The molecule has 2 aromatic carbocycles. The highest BCUT2D eigenvalue weighted by Crippen LogP contribution is 2.26. The van der Waals surface area contributed by atoms with Crippen LogP contribution in [0.25, 0.3) is 0 Å². The van der Waals surface area contributed by atoms with E-state index in [2.05, 4.69) is 10.6 Å². The van der Waals surface area contributed by atoms with Gasteiger partial charge in [0.25, 0.3) is 5.69 Å². The Labute approximate surface area is 155 Å². The molecule has 27 heavy (non-hydrogen) atoms. The first kappa shape index (κ1) is 19.9. The molecule has 2 rings (SSSR count). The van der Waals surface area contributed by atoms with Crippen molar-refractivity contribution >= 4 is 23.2 Å². The minimum Gasteiger partial charge on any atom is -0.496 e. The molecule has 0 fully saturated rings. The fourth-order valence-corrected chi connectivity index (χ4v) is 2.44. The summed E-state index contributed by atoms with van der Waals surface area (Å²) in [5.74, 6) is -1.37. The van der Waals surface area contributed by atoms with Crippen molar-refractivity contribution in [1.29, 1.82) is 0 Å². The molecule has 0 heterocycles. The molecule has 0 saturated carbocycles. The molecule has 0 spiro atoms. The molecule has 0 aliphatic heterocycles. The van der Waals surface area contributed by atoms with Crippen LogP contribution >= 0.6 is 0 Å². The van der Waals surface area contributed by atoms with E-state index in [9.17, 15) is 19.7 Å². The molecule has 142 valence electrons. The predicted molar refractivity (Wildman–Crippen MR) is 97.5 cm³/mol. The van der Waals surface area contributed by atoms with Crippen LogP contribution in [0.3, 0.4) is 0 Å². The van der Waals surface area contributed by atoms with Gasteiger partial charge in [-0.1, -0.05) is 30.3 Å². The van der Waals surface area contributed by atoms with Crippen LogP contribution < -0.4 is 15.4 Å². The number of hydrogen-bond acceptors (Lipinski definition) is 6. The molecule has 0 aliphatic rings. The average molecular weight is 373 g/mol. The Morgan fingerprint density at radius 1 is 1.07 bits per heavy atom. The Balaban J connectivity index is 2.02. The molecule has 0 aromatic heterocycles. The monoisotopic (exact) mass is 373 g/mol. The number of hydrogen-bond donors (Lipinski definition) is 2. The third-order valence-corrected chi connectivity index (χ3v) is 3.77. The fourth-order valence-electron chi connectivity index (χ4n) is 2.44. The van der Waals surface area contributed by atoms with Gasteiger partial charge in [-0.05, 0) is 12.1 Å². The summed E-state index contributed by atoms with van der Waals surface area (Å²) < 4.78 is 10.6. The first-order valence-electron chi connectivity index (χ1n) is 7.96. The van der Waals surface area contributed by atoms with Crippen molar-refractivity contribution in [3.05, 3.63) is 64.2 Å². The topological polar surface area (TPSA) is 120 Å². The Hall–Kier alpha value is -3.46. The quantitative estimate of drug-likeness (QED) is 0.435. The number of anilines is 1. The number of methoxy groups -OCH3 is 2. The van der Waals surface area contributed by atoms with E-state index in [1.54, 1.807) is 24.3 Å². The molecule has 0 radical (unpaired) electrons. The molecular weight excluding hydrogens is 354 g/mol. The number of para-hydroxylation sites is 3. The lowest BCUT2D eigenvalue weighted by atomic mass is 10.1. The first-order valence-corrected chi connectivity index (χ1v) is 7.96. The van der Waals surface area contributed by atoms with Crippen LogP contribution in [0.1, 0.15) is 11.7 Å². The second-order valence-corrected chi connectivity index (χ2v) is 5.40. The van der Waals surface area contributed by atoms with Gasteiger partial charge in [0.2, 0.25) is 0 Å². The second kappa shape index (κ2) is 9.30. The summed E-state index contributed by atoms with van der Waals surface area (Å²) in [6.45, 7) is 0.0139. The smallest absolute Gasteiger partial charge is 0.313 e. The van der Waals surface area contributed by atoms with Gasteiger partial charge in [-0.15, -0.1) is 0 Å². The van der Waals surface area contributed by atoms with E-state index in [1.165, 1.54) is 38.5 Å². The Kier molecular flexibility index (Phi) is 6.84. The summed E-state index contributed by atoms with van der Waals surface area (Å²) in [6.07, 6.45) is -0.538. The van der Waals surface area contributed by atoms with Gasteiger partial charge in [0.05, 0.1) is 12.0 Å². The Bertz CT molecular complexity index is 839. The van der Waals surface area contributed by atoms with E-state index in [1.807, 2.05) is 0 Å². The maximum Gasteiger partial charge on any atom is 0.313 e. The van der Waals surface area contributed by atoms with Crippen molar-refractivity contribution in [2.75, 3.05) is 26.1 Å². The highest BCUT2D eigenvalue weighted by atomic mass is 16.6.